The quantitative estimate of drug-likeness (QED) is 0.897. The summed E-state index contributed by atoms with van der Waals surface area (Å²) in [6.07, 6.45) is 4.81. The fourth-order valence-corrected chi connectivity index (χ4v) is 4.03. The maximum Gasteiger partial charge on any atom is 0.336 e. The Morgan fingerprint density at radius 2 is 2.24 bits per heavy atom. The van der Waals surface area contributed by atoms with E-state index in [-0.39, 0.29) is 5.54 Å². The highest BCUT2D eigenvalue weighted by Crippen LogP contribution is 2.34. The van der Waals surface area contributed by atoms with Crippen molar-refractivity contribution in [1.29, 1.82) is 0 Å². The van der Waals surface area contributed by atoms with Crippen molar-refractivity contribution in [2.75, 3.05) is 13.1 Å². The number of carboxylic acid groups (broad SMARTS) is 1. The molecular weight excluding hydrogens is 264 g/mol. The second kappa shape index (κ2) is 5.78. The molecule has 2 saturated heterocycles. The first-order valence-corrected chi connectivity index (χ1v) is 7.90. The summed E-state index contributed by atoms with van der Waals surface area (Å²) in [4.78, 5) is 13.9. The Morgan fingerprint density at radius 1 is 1.43 bits per heavy atom. The molecule has 2 aliphatic rings. The largest absolute Gasteiger partial charge is 0.478 e. The molecule has 0 aromatic heterocycles. The normalized spacial score (nSPS) is 29.9. The molecule has 2 atom stereocenters. The van der Waals surface area contributed by atoms with E-state index in [2.05, 4.69) is 17.1 Å². The Hall–Kier alpha value is -1.39. The van der Waals surface area contributed by atoms with Gasteiger partial charge in [0.25, 0.3) is 0 Å². The molecule has 0 aliphatic carbocycles. The van der Waals surface area contributed by atoms with Crippen LogP contribution in [0.1, 0.15) is 48.5 Å². The third-order valence-electron chi connectivity index (χ3n) is 5.12. The Balaban J connectivity index is 1.82. The number of hydrogen-bond acceptors (Lipinski definition) is 3. The molecule has 1 aromatic carbocycles. The standard InChI is InChI=1S/C17H24N2O2/c1-17-9-5-11-19(15(17)8-4-10-18-17)12-13-6-2-3-7-14(13)16(20)21/h2-3,6-7,15,18H,4-5,8-12H2,1H3,(H,20,21)/t15-,17+/m1/s1. The van der Waals surface area contributed by atoms with Gasteiger partial charge in [0.15, 0.2) is 0 Å². The van der Waals surface area contributed by atoms with Crippen LogP contribution in [0, 0.1) is 0 Å². The predicted octanol–water partition coefficient (Wildman–Crippen LogP) is 2.49. The molecule has 3 rings (SSSR count). The van der Waals surface area contributed by atoms with E-state index in [1.54, 1.807) is 12.1 Å². The summed E-state index contributed by atoms with van der Waals surface area (Å²) in [5.41, 5.74) is 1.56. The van der Waals surface area contributed by atoms with Gasteiger partial charge in [0.2, 0.25) is 0 Å². The number of nitrogens with zero attached hydrogens (tertiary/aromatic N) is 1. The van der Waals surface area contributed by atoms with Gasteiger partial charge in [-0.05, 0) is 57.3 Å². The first kappa shape index (κ1) is 14.5. The maximum atomic E-state index is 11.4. The van der Waals surface area contributed by atoms with Gasteiger partial charge in [-0.1, -0.05) is 18.2 Å². The minimum atomic E-state index is -0.827. The molecule has 0 amide bonds. The van der Waals surface area contributed by atoms with Gasteiger partial charge in [0.05, 0.1) is 5.56 Å². The van der Waals surface area contributed by atoms with Crippen LogP contribution in [0.4, 0.5) is 0 Å². The highest BCUT2D eigenvalue weighted by molar-refractivity contribution is 5.89. The topological polar surface area (TPSA) is 52.6 Å². The number of carboxylic acids is 1. The lowest BCUT2D eigenvalue weighted by atomic mass is 9.77. The lowest BCUT2D eigenvalue weighted by molar-refractivity contribution is 0.0266. The van der Waals surface area contributed by atoms with Crippen LogP contribution >= 0.6 is 0 Å². The molecule has 2 aliphatic heterocycles. The minimum Gasteiger partial charge on any atom is -0.478 e. The molecule has 0 unspecified atom stereocenters. The zero-order valence-corrected chi connectivity index (χ0v) is 12.6. The lowest BCUT2D eigenvalue weighted by Gasteiger charge is -2.51. The Morgan fingerprint density at radius 3 is 3.05 bits per heavy atom. The number of fused-ring (bicyclic) bond motifs is 1. The highest BCUT2D eigenvalue weighted by Gasteiger charge is 2.42. The van der Waals surface area contributed by atoms with Gasteiger partial charge in [-0.3, -0.25) is 4.90 Å². The van der Waals surface area contributed by atoms with Gasteiger partial charge in [0.1, 0.15) is 0 Å². The van der Waals surface area contributed by atoms with Gasteiger partial charge in [-0.25, -0.2) is 4.79 Å². The minimum absolute atomic E-state index is 0.189. The summed E-state index contributed by atoms with van der Waals surface area (Å²) in [7, 11) is 0. The second-order valence-corrected chi connectivity index (χ2v) is 6.54. The van der Waals surface area contributed by atoms with E-state index in [1.807, 2.05) is 12.1 Å². The summed E-state index contributed by atoms with van der Waals surface area (Å²) < 4.78 is 0. The summed E-state index contributed by atoms with van der Waals surface area (Å²) in [5, 5.41) is 13.0. The lowest BCUT2D eigenvalue weighted by Crippen LogP contribution is -2.64. The van der Waals surface area contributed by atoms with Crippen LogP contribution in [0.15, 0.2) is 24.3 Å². The monoisotopic (exact) mass is 288 g/mol. The van der Waals surface area contributed by atoms with Crippen molar-refractivity contribution in [3.8, 4) is 0 Å². The average Bonchev–Trinajstić information content (AvgIpc) is 2.47. The molecule has 0 bridgehead atoms. The number of aromatic carboxylic acids is 1. The van der Waals surface area contributed by atoms with Crippen LogP contribution in [0.3, 0.4) is 0 Å². The number of benzene rings is 1. The number of carbonyl (C=O) groups is 1. The van der Waals surface area contributed by atoms with Crippen LogP contribution in [-0.2, 0) is 6.54 Å². The third kappa shape index (κ3) is 2.83. The Kier molecular flexibility index (Phi) is 4.00. The molecule has 1 aromatic rings. The molecule has 0 radical (unpaired) electrons. The van der Waals surface area contributed by atoms with Gasteiger partial charge < -0.3 is 10.4 Å². The number of nitrogens with one attached hydrogen (secondary N) is 1. The van der Waals surface area contributed by atoms with Crippen LogP contribution in [0.25, 0.3) is 0 Å². The van der Waals surface area contributed by atoms with E-state index in [1.165, 1.54) is 25.7 Å². The van der Waals surface area contributed by atoms with E-state index in [0.29, 0.717) is 11.6 Å². The van der Waals surface area contributed by atoms with Crippen LogP contribution in [0.5, 0.6) is 0 Å². The van der Waals surface area contributed by atoms with Crippen molar-refractivity contribution in [3.05, 3.63) is 35.4 Å². The molecule has 2 N–H and O–H groups in total. The summed E-state index contributed by atoms with van der Waals surface area (Å²) in [6, 6.07) is 7.91. The highest BCUT2D eigenvalue weighted by atomic mass is 16.4. The summed E-state index contributed by atoms with van der Waals surface area (Å²) in [5.74, 6) is -0.827. The number of hydrogen-bond donors (Lipinski definition) is 2. The summed E-state index contributed by atoms with van der Waals surface area (Å²) >= 11 is 0. The van der Waals surface area contributed by atoms with Crippen molar-refractivity contribution >= 4 is 5.97 Å². The molecular formula is C17H24N2O2. The molecule has 4 nitrogen and oxygen atoms in total. The zero-order chi connectivity index (χ0) is 14.9. The Labute approximate surface area is 126 Å². The molecule has 0 spiro atoms. The van der Waals surface area contributed by atoms with Crippen molar-refractivity contribution in [2.24, 2.45) is 0 Å². The van der Waals surface area contributed by atoms with Crippen molar-refractivity contribution in [2.45, 2.75) is 50.7 Å². The fraction of sp³-hybridized carbons (Fsp3) is 0.588. The van der Waals surface area contributed by atoms with Gasteiger partial charge in [-0.2, -0.15) is 0 Å². The predicted molar refractivity (Wildman–Crippen MR) is 82.5 cm³/mol. The smallest absolute Gasteiger partial charge is 0.336 e. The first-order chi connectivity index (χ1) is 10.1. The Bertz CT molecular complexity index is 527. The molecule has 0 saturated carbocycles. The zero-order valence-electron chi connectivity index (χ0n) is 12.6. The van der Waals surface area contributed by atoms with Crippen LogP contribution in [0.2, 0.25) is 0 Å². The SMILES string of the molecule is C[C@]12CCCN(Cc3ccccc3C(=O)O)[C@@H]1CCCN2. The number of likely N-dealkylation sites (tertiary alicyclic amines) is 1. The first-order valence-electron chi connectivity index (χ1n) is 7.90. The molecule has 21 heavy (non-hydrogen) atoms. The van der Waals surface area contributed by atoms with Crippen molar-refractivity contribution in [1.82, 2.24) is 10.2 Å². The van der Waals surface area contributed by atoms with E-state index in [9.17, 15) is 9.90 Å². The van der Waals surface area contributed by atoms with E-state index in [0.717, 1.165) is 25.2 Å². The van der Waals surface area contributed by atoms with Gasteiger partial charge in [-0.15, -0.1) is 0 Å². The van der Waals surface area contributed by atoms with E-state index < -0.39 is 5.97 Å². The van der Waals surface area contributed by atoms with E-state index in [4.69, 9.17) is 0 Å². The molecule has 4 heteroatoms. The van der Waals surface area contributed by atoms with Crippen LogP contribution in [-0.4, -0.2) is 40.6 Å². The molecule has 114 valence electrons. The van der Waals surface area contributed by atoms with Gasteiger partial charge >= 0.3 is 5.97 Å². The number of rotatable bonds is 3. The van der Waals surface area contributed by atoms with E-state index >= 15 is 0 Å². The fourth-order valence-electron chi connectivity index (χ4n) is 4.03. The molecule has 2 heterocycles. The molecule has 2 fully saturated rings. The van der Waals surface area contributed by atoms with Crippen LogP contribution < -0.4 is 5.32 Å². The third-order valence-corrected chi connectivity index (χ3v) is 5.12. The second-order valence-electron chi connectivity index (χ2n) is 6.54. The van der Waals surface area contributed by atoms with Crippen molar-refractivity contribution in [3.63, 3.8) is 0 Å². The van der Waals surface area contributed by atoms with Gasteiger partial charge in [0, 0.05) is 18.1 Å². The maximum absolute atomic E-state index is 11.4. The average molecular weight is 288 g/mol. The number of piperidine rings is 2. The van der Waals surface area contributed by atoms with Crippen molar-refractivity contribution < 1.29 is 9.90 Å². The summed E-state index contributed by atoms with van der Waals surface area (Å²) in [6.45, 7) is 5.24.